The highest BCUT2D eigenvalue weighted by Gasteiger charge is 2.15. The number of carbonyl (C=O) groups is 1. The number of aromatic nitrogens is 1. The summed E-state index contributed by atoms with van der Waals surface area (Å²) >= 11 is 6.00. The normalized spacial score (nSPS) is 12.0. The van der Waals surface area contributed by atoms with Gasteiger partial charge < -0.3 is 5.32 Å². The molecule has 0 aliphatic rings. The second-order valence-electron chi connectivity index (χ2n) is 4.91. The van der Waals surface area contributed by atoms with E-state index in [0.717, 1.165) is 11.1 Å². The number of halogens is 1. The quantitative estimate of drug-likeness (QED) is 0.932. The monoisotopic (exact) mass is 288 g/mol. The van der Waals surface area contributed by atoms with Crippen LogP contribution in [0.3, 0.4) is 0 Å². The highest BCUT2D eigenvalue weighted by molar-refractivity contribution is 6.33. The van der Waals surface area contributed by atoms with Gasteiger partial charge in [-0.15, -0.1) is 0 Å². The van der Waals surface area contributed by atoms with Crippen molar-refractivity contribution in [3.63, 3.8) is 0 Å². The number of pyridine rings is 1. The second-order valence-corrected chi connectivity index (χ2v) is 5.32. The molecule has 1 atom stereocenters. The molecule has 4 heteroatoms. The number of aryl methyl sites for hydroxylation is 2. The first-order chi connectivity index (χ1) is 9.49. The smallest absolute Gasteiger partial charge is 0.254 e. The summed E-state index contributed by atoms with van der Waals surface area (Å²) in [7, 11) is 0. The molecule has 0 bridgehead atoms. The lowest BCUT2D eigenvalue weighted by Crippen LogP contribution is -2.27. The maximum Gasteiger partial charge on any atom is 0.254 e. The molecule has 0 spiro atoms. The van der Waals surface area contributed by atoms with Gasteiger partial charge in [-0.2, -0.15) is 0 Å². The first-order valence-corrected chi connectivity index (χ1v) is 6.84. The number of carbonyl (C=O) groups excluding carboxylic acids is 1. The van der Waals surface area contributed by atoms with Crippen LogP contribution in [0, 0.1) is 13.8 Å². The summed E-state index contributed by atoms with van der Waals surface area (Å²) in [5.74, 6) is -0.212. The first kappa shape index (κ1) is 14.5. The molecule has 0 aliphatic carbocycles. The fourth-order valence-electron chi connectivity index (χ4n) is 2.21. The Hall–Kier alpha value is -1.87. The van der Waals surface area contributed by atoms with Crippen molar-refractivity contribution in [2.75, 3.05) is 0 Å². The molecule has 3 nitrogen and oxygen atoms in total. The van der Waals surface area contributed by atoms with Gasteiger partial charge in [0.15, 0.2) is 0 Å². The zero-order valence-electron chi connectivity index (χ0n) is 11.8. The van der Waals surface area contributed by atoms with E-state index in [0.29, 0.717) is 10.6 Å². The molecule has 1 aromatic carbocycles. The molecule has 20 heavy (non-hydrogen) atoms. The van der Waals surface area contributed by atoms with E-state index in [9.17, 15) is 4.79 Å². The van der Waals surface area contributed by atoms with Crippen LogP contribution in [0.2, 0.25) is 5.02 Å². The van der Waals surface area contributed by atoms with Crippen LogP contribution in [0.4, 0.5) is 0 Å². The Morgan fingerprint density at radius 1 is 1.30 bits per heavy atom. The average Bonchev–Trinajstić information content (AvgIpc) is 2.38. The maximum atomic E-state index is 12.2. The fourth-order valence-corrected chi connectivity index (χ4v) is 2.40. The van der Waals surface area contributed by atoms with Crippen molar-refractivity contribution in [3.05, 3.63) is 63.9 Å². The lowest BCUT2D eigenvalue weighted by molar-refractivity contribution is 0.0939. The molecular weight excluding hydrogens is 272 g/mol. The van der Waals surface area contributed by atoms with Gasteiger partial charge in [-0.1, -0.05) is 35.4 Å². The molecule has 1 unspecified atom stereocenters. The van der Waals surface area contributed by atoms with Crippen molar-refractivity contribution in [3.8, 4) is 0 Å². The summed E-state index contributed by atoms with van der Waals surface area (Å²) in [5.41, 5.74) is 3.87. The highest BCUT2D eigenvalue weighted by Crippen LogP contribution is 2.20. The van der Waals surface area contributed by atoms with E-state index in [1.54, 1.807) is 12.3 Å². The van der Waals surface area contributed by atoms with Crippen molar-refractivity contribution in [1.82, 2.24) is 10.3 Å². The number of amides is 1. The Balaban J connectivity index is 2.17. The average molecular weight is 289 g/mol. The van der Waals surface area contributed by atoms with Gasteiger partial charge in [-0.25, -0.2) is 0 Å². The van der Waals surface area contributed by atoms with Gasteiger partial charge in [-0.3, -0.25) is 9.78 Å². The van der Waals surface area contributed by atoms with Crippen molar-refractivity contribution < 1.29 is 4.79 Å². The highest BCUT2D eigenvalue weighted by atomic mass is 35.5. The minimum absolute atomic E-state index is 0.0839. The molecule has 0 radical (unpaired) electrons. The molecule has 0 saturated carbocycles. The van der Waals surface area contributed by atoms with E-state index in [1.165, 1.54) is 11.8 Å². The molecule has 2 rings (SSSR count). The Morgan fingerprint density at radius 2 is 2.05 bits per heavy atom. The van der Waals surface area contributed by atoms with Crippen LogP contribution >= 0.6 is 11.6 Å². The Bertz CT molecular complexity index is 640. The molecule has 1 aromatic heterocycles. The van der Waals surface area contributed by atoms with Crippen LogP contribution in [0.1, 0.15) is 40.0 Å². The number of benzene rings is 1. The van der Waals surface area contributed by atoms with Crippen LogP contribution < -0.4 is 5.32 Å². The number of rotatable bonds is 3. The van der Waals surface area contributed by atoms with Crippen LogP contribution in [-0.4, -0.2) is 10.9 Å². The molecule has 104 valence electrons. The Kier molecular flexibility index (Phi) is 4.40. The second kappa shape index (κ2) is 6.06. The van der Waals surface area contributed by atoms with Gasteiger partial charge in [0.05, 0.1) is 16.6 Å². The number of hydrogen-bond donors (Lipinski definition) is 1. The minimum Gasteiger partial charge on any atom is -0.345 e. The van der Waals surface area contributed by atoms with Crippen molar-refractivity contribution in [2.45, 2.75) is 26.8 Å². The van der Waals surface area contributed by atoms with Gasteiger partial charge >= 0.3 is 0 Å². The molecule has 1 amide bonds. The van der Waals surface area contributed by atoms with Crippen molar-refractivity contribution in [1.29, 1.82) is 0 Å². The SMILES string of the molecule is Cc1ccc(C(C)NC(=O)c2cnccc2Cl)c(C)c1. The molecule has 0 saturated heterocycles. The van der Waals surface area contributed by atoms with Crippen molar-refractivity contribution in [2.24, 2.45) is 0 Å². The molecule has 0 fully saturated rings. The summed E-state index contributed by atoms with van der Waals surface area (Å²) in [5, 5.41) is 3.36. The standard InChI is InChI=1S/C16H17ClN2O/c1-10-4-5-13(11(2)8-10)12(3)19-16(20)14-9-18-7-6-15(14)17/h4-9,12H,1-3H3,(H,19,20). The van der Waals surface area contributed by atoms with Gasteiger partial charge in [0, 0.05) is 12.4 Å². The molecular formula is C16H17ClN2O. The fraction of sp³-hybridized carbons (Fsp3) is 0.250. The lowest BCUT2D eigenvalue weighted by atomic mass is 10.00. The lowest BCUT2D eigenvalue weighted by Gasteiger charge is -2.17. The molecule has 1 heterocycles. The zero-order valence-corrected chi connectivity index (χ0v) is 12.5. The minimum atomic E-state index is -0.212. The predicted octanol–water partition coefficient (Wildman–Crippen LogP) is 3.84. The van der Waals surface area contributed by atoms with E-state index in [1.807, 2.05) is 26.0 Å². The summed E-state index contributed by atoms with van der Waals surface area (Å²) in [4.78, 5) is 16.1. The first-order valence-electron chi connectivity index (χ1n) is 6.46. The van der Waals surface area contributed by atoms with Gasteiger partial charge in [0.1, 0.15) is 0 Å². The Labute approximate surface area is 124 Å². The summed E-state index contributed by atoms with van der Waals surface area (Å²) in [6.45, 7) is 6.05. The number of nitrogens with one attached hydrogen (secondary N) is 1. The third-order valence-corrected chi connectivity index (χ3v) is 3.58. The summed E-state index contributed by atoms with van der Waals surface area (Å²) in [6, 6.07) is 7.72. The summed E-state index contributed by atoms with van der Waals surface area (Å²) in [6.07, 6.45) is 3.04. The van der Waals surface area contributed by atoms with Gasteiger partial charge in [0.2, 0.25) is 0 Å². The van der Waals surface area contributed by atoms with Crippen LogP contribution in [0.5, 0.6) is 0 Å². The molecule has 1 N–H and O–H groups in total. The maximum absolute atomic E-state index is 12.2. The largest absolute Gasteiger partial charge is 0.345 e. The third kappa shape index (κ3) is 3.17. The topological polar surface area (TPSA) is 42.0 Å². The van der Waals surface area contributed by atoms with E-state index < -0.39 is 0 Å². The van der Waals surface area contributed by atoms with Gasteiger partial charge in [-0.05, 0) is 38.0 Å². The number of hydrogen-bond acceptors (Lipinski definition) is 2. The van der Waals surface area contributed by atoms with Crippen LogP contribution in [-0.2, 0) is 0 Å². The van der Waals surface area contributed by atoms with E-state index in [-0.39, 0.29) is 11.9 Å². The Morgan fingerprint density at radius 3 is 2.70 bits per heavy atom. The van der Waals surface area contributed by atoms with Crippen LogP contribution in [0.15, 0.2) is 36.7 Å². The van der Waals surface area contributed by atoms with Gasteiger partial charge in [0.25, 0.3) is 5.91 Å². The third-order valence-electron chi connectivity index (χ3n) is 3.25. The van der Waals surface area contributed by atoms with E-state index in [2.05, 4.69) is 23.3 Å². The predicted molar refractivity (Wildman–Crippen MR) is 81.0 cm³/mol. The zero-order chi connectivity index (χ0) is 14.7. The van der Waals surface area contributed by atoms with E-state index >= 15 is 0 Å². The molecule has 0 aliphatic heterocycles. The van der Waals surface area contributed by atoms with Crippen LogP contribution in [0.25, 0.3) is 0 Å². The van der Waals surface area contributed by atoms with E-state index in [4.69, 9.17) is 11.6 Å². The van der Waals surface area contributed by atoms with Crippen molar-refractivity contribution >= 4 is 17.5 Å². The summed E-state index contributed by atoms with van der Waals surface area (Å²) < 4.78 is 0. The number of nitrogens with zero attached hydrogens (tertiary/aromatic N) is 1. The molecule has 2 aromatic rings.